The van der Waals surface area contributed by atoms with Gasteiger partial charge in [0, 0.05) is 19.8 Å². The van der Waals surface area contributed by atoms with Gasteiger partial charge in [0.2, 0.25) is 5.91 Å². The molecule has 2 aromatic carbocycles. The van der Waals surface area contributed by atoms with Crippen LogP contribution in [-0.4, -0.2) is 42.1 Å². The van der Waals surface area contributed by atoms with Crippen LogP contribution in [0.5, 0.6) is 0 Å². The molecule has 1 aromatic heterocycles. The van der Waals surface area contributed by atoms with E-state index in [0.717, 1.165) is 9.99 Å². The van der Waals surface area contributed by atoms with Gasteiger partial charge < -0.3 is 5.32 Å². The van der Waals surface area contributed by atoms with Crippen LogP contribution in [0.4, 0.5) is 5.69 Å². The standard InChI is InChI=1S/C18H20N4O5S/c1-20-15-6-4-5-7-16(15)22(18(20)24)12-17(23)19-13-8-10-14(11-9-13)28(25,26)21(2)27-3/h4-11H,12H2,1-3H3,(H,19,23). The molecule has 0 unspecified atom stereocenters. The summed E-state index contributed by atoms with van der Waals surface area (Å²) in [6, 6.07) is 12.9. The smallest absolute Gasteiger partial charge is 0.325 e. The molecule has 148 valence electrons. The molecule has 28 heavy (non-hydrogen) atoms. The van der Waals surface area contributed by atoms with Crippen molar-refractivity contribution in [1.82, 2.24) is 13.6 Å². The van der Waals surface area contributed by atoms with Crippen LogP contribution in [0.2, 0.25) is 0 Å². The zero-order chi connectivity index (χ0) is 20.5. The summed E-state index contributed by atoms with van der Waals surface area (Å²) in [6.07, 6.45) is 0. The number of nitrogens with one attached hydrogen (secondary N) is 1. The minimum absolute atomic E-state index is 0.0279. The average Bonchev–Trinajstić information content (AvgIpc) is 2.93. The maximum absolute atomic E-state index is 12.4. The Bertz CT molecular complexity index is 1180. The van der Waals surface area contributed by atoms with Crippen LogP contribution in [-0.2, 0) is 33.2 Å². The predicted molar refractivity (Wildman–Crippen MR) is 104 cm³/mol. The van der Waals surface area contributed by atoms with Gasteiger partial charge >= 0.3 is 5.69 Å². The number of rotatable bonds is 6. The molecule has 3 aromatic rings. The Morgan fingerprint density at radius 1 is 1.11 bits per heavy atom. The summed E-state index contributed by atoms with van der Waals surface area (Å²) >= 11 is 0. The molecule has 1 amide bonds. The van der Waals surface area contributed by atoms with E-state index in [1.807, 2.05) is 6.07 Å². The summed E-state index contributed by atoms with van der Waals surface area (Å²) in [4.78, 5) is 29.5. The molecule has 0 aliphatic heterocycles. The van der Waals surface area contributed by atoms with E-state index >= 15 is 0 Å². The second-order valence-corrected chi connectivity index (χ2v) is 8.02. The first kappa shape index (κ1) is 19.8. The minimum atomic E-state index is -3.76. The number of amides is 1. The molecule has 0 spiro atoms. The molecule has 0 saturated carbocycles. The molecule has 1 heterocycles. The fourth-order valence-corrected chi connectivity index (χ4v) is 3.79. The van der Waals surface area contributed by atoms with Gasteiger partial charge in [-0.05, 0) is 36.4 Å². The van der Waals surface area contributed by atoms with Crippen LogP contribution < -0.4 is 11.0 Å². The number of hydrogen-bond acceptors (Lipinski definition) is 5. The maximum Gasteiger partial charge on any atom is 0.329 e. The molecule has 0 saturated heterocycles. The minimum Gasteiger partial charge on any atom is -0.325 e. The van der Waals surface area contributed by atoms with E-state index in [2.05, 4.69) is 5.32 Å². The van der Waals surface area contributed by atoms with Gasteiger partial charge in [0.1, 0.15) is 6.54 Å². The highest BCUT2D eigenvalue weighted by Gasteiger charge is 2.20. The van der Waals surface area contributed by atoms with Crippen molar-refractivity contribution in [3.8, 4) is 0 Å². The zero-order valence-corrected chi connectivity index (χ0v) is 16.4. The lowest BCUT2D eigenvalue weighted by molar-refractivity contribution is -0.116. The molecule has 0 aliphatic rings. The van der Waals surface area contributed by atoms with Gasteiger partial charge in [-0.25, -0.2) is 13.2 Å². The van der Waals surface area contributed by atoms with Gasteiger partial charge in [-0.3, -0.25) is 18.8 Å². The maximum atomic E-state index is 12.4. The highest BCUT2D eigenvalue weighted by molar-refractivity contribution is 7.89. The van der Waals surface area contributed by atoms with Crippen molar-refractivity contribution in [2.45, 2.75) is 11.4 Å². The number of carbonyl (C=O) groups excluding carboxylic acids is 1. The fraction of sp³-hybridized carbons (Fsp3) is 0.222. The monoisotopic (exact) mass is 404 g/mol. The summed E-state index contributed by atoms with van der Waals surface area (Å²) < 4.78 is 28.0. The lowest BCUT2D eigenvalue weighted by Gasteiger charge is -2.14. The first-order valence-corrected chi connectivity index (χ1v) is 9.77. The van der Waals surface area contributed by atoms with Crippen molar-refractivity contribution in [3.05, 3.63) is 59.0 Å². The third-order valence-corrected chi connectivity index (χ3v) is 6.08. The summed E-state index contributed by atoms with van der Waals surface area (Å²) in [7, 11) is 0.424. The molecule has 0 radical (unpaired) electrons. The van der Waals surface area contributed by atoms with Crippen LogP contribution in [0.15, 0.2) is 58.2 Å². The molecular weight excluding hydrogens is 384 g/mol. The summed E-state index contributed by atoms with van der Waals surface area (Å²) in [5, 5.41) is 2.67. The van der Waals surface area contributed by atoms with E-state index < -0.39 is 15.9 Å². The first-order valence-electron chi connectivity index (χ1n) is 8.33. The Labute approximate surface area is 161 Å². The number of fused-ring (bicyclic) bond motifs is 1. The van der Waals surface area contributed by atoms with Crippen molar-refractivity contribution < 1.29 is 18.0 Å². The van der Waals surface area contributed by atoms with E-state index in [0.29, 0.717) is 11.2 Å². The van der Waals surface area contributed by atoms with Crippen molar-refractivity contribution in [1.29, 1.82) is 0 Å². The van der Waals surface area contributed by atoms with Gasteiger partial charge in [-0.15, -0.1) is 0 Å². The lowest BCUT2D eigenvalue weighted by atomic mass is 10.3. The predicted octanol–water partition coefficient (Wildman–Crippen LogP) is 1.16. The van der Waals surface area contributed by atoms with Gasteiger partial charge in [0.05, 0.1) is 23.0 Å². The SMILES string of the molecule is CON(C)S(=O)(=O)c1ccc(NC(=O)Cn2c(=O)n(C)c3ccccc32)cc1. The van der Waals surface area contributed by atoms with Gasteiger partial charge in [0.15, 0.2) is 0 Å². The number of sulfonamides is 1. The van der Waals surface area contributed by atoms with E-state index in [-0.39, 0.29) is 17.1 Å². The molecule has 9 nitrogen and oxygen atoms in total. The van der Waals surface area contributed by atoms with E-state index in [4.69, 9.17) is 4.84 Å². The molecule has 0 aliphatic carbocycles. The number of imidazole rings is 1. The number of aromatic nitrogens is 2. The van der Waals surface area contributed by atoms with Gasteiger partial charge in [-0.1, -0.05) is 16.6 Å². The number of para-hydroxylation sites is 2. The van der Waals surface area contributed by atoms with Gasteiger partial charge in [0.25, 0.3) is 10.0 Å². The van der Waals surface area contributed by atoms with Crippen LogP contribution >= 0.6 is 0 Å². The van der Waals surface area contributed by atoms with Crippen molar-refractivity contribution in [2.75, 3.05) is 19.5 Å². The molecular formula is C18H20N4O5S. The Balaban J connectivity index is 1.78. The van der Waals surface area contributed by atoms with Crippen LogP contribution in [0.3, 0.4) is 0 Å². The topological polar surface area (TPSA) is 103 Å². The number of hydroxylamine groups is 1. The number of hydrogen-bond donors (Lipinski definition) is 1. The average molecular weight is 404 g/mol. The number of carbonyl (C=O) groups is 1. The lowest BCUT2D eigenvalue weighted by Crippen LogP contribution is -2.28. The van der Waals surface area contributed by atoms with E-state index in [9.17, 15) is 18.0 Å². The highest BCUT2D eigenvalue weighted by Crippen LogP contribution is 2.18. The second kappa shape index (κ2) is 7.58. The first-order chi connectivity index (χ1) is 13.3. The summed E-state index contributed by atoms with van der Waals surface area (Å²) in [5.41, 5.74) is 1.52. The number of benzene rings is 2. The van der Waals surface area contributed by atoms with Crippen molar-refractivity contribution >= 4 is 32.7 Å². The molecule has 1 N–H and O–H groups in total. The highest BCUT2D eigenvalue weighted by atomic mass is 32.2. The number of aryl methyl sites for hydroxylation is 1. The van der Waals surface area contributed by atoms with Crippen LogP contribution in [0, 0.1) is 0 Å². The number of anilines is 1. The Morgan fingerprint density at radius 2 is 1.71 bits per heavy atom. The Kier molecular flexibility index (Phi) is 5.36. The van der Waals surface area contributed by atoms with Crippen molar-refractivity contribution in [3.63, 3.8) is 0 Å². The Morgan fingerprint density at radius 3 is 2.32 bits per heavy atom. The van der Waals surface area contributed by atoms with Crippen molar-refractivity contribution in [2.24, 2.45) is 7.05 Å². The van der Waals surface area contributed by atoms with E-state index in [1.165, 1.54) is 47.6 Å². The quantitative estimate of drug-likeness (QED) is 0.621. The zero-order valence-electron chi connectivity index (χ0n) is 15.6. The second-order valence-electron chi connectivity index (χ2n) is 6.09. The van der Waals surface area contributed by atoms with Gasteiger partial charge in [-0.2, -0.15) is 0 Å². The Hall–Kier alpha value is -2.95. The fourth-order valence-electron chi connectivity index (χ4n) is 2.82. The largest absolute Gasteiger partial charge is 0.329 e. The molecule has 10 heteroatoms. The number of nitrogens with zero attached hydrogens (tertiary/aromatic N) is 3. The molecule has 0 atom stereocenters. The molecule has 0 bridgehead atoms. The third kappa shape index (κ3) is 3.57. The molecule has 0 fully saturated rings. The van der Waals surface area contributed by atoms with Crippen LogP contribution in [0.1, 0.15) is 0 Å². The molecule has 3 rings (SSSR count). The summed E-state index contributed by atoms with van der Waals surface area (Å²) in [5.74, 6) is -0.400. The normalized spacial score (nSPS) is 11.9. The van der Waals surface area contributed by atoms with E-state index in [1.54, 1.807) is 25.2 Å². The summed E-state index contributed by atoms with van der Waals surface area (Å²) in [6.45, 7) is -0.160. The third-order valence-electron chi connectivity index (χ3n) is 4.38. The van der Waals surface area contributed by atoms with Crippen LogP contribution in [0.25, 0.3) is 11.0 Å².